The first-order valence-electron chi connectivity index (χ1n) is 15.3. The second-order valence-electron chi connectivity index (χ2n) is 11.2. The third kappa shape index (κ3) is 3.42. The van der Waals surface area contributed by atoms with Gasteiger partial charge in [0.2, 0.25) is 0 Å². The van der Waals surface area contributed by atoms with E-state index in [9.17, 15) is 5.11 Å². The molecule has 0 bridgehead atoms. The molecule has 0 saturated heterocycles. The number of rotatable bonds is 5. The molecular formula is C27H46O. The van der Waals surface area contributed by atoms with Crippen LogP contribution in [0.5, 0.6) is 0 Å². The quantitative estimate of drug-likeness (QED) is 0.483. The highest BCUT2D eigenvalue weighted by Gasteiger charge is 2.59. The fraction of sp³-hybridized carbons (Fsp3) is 0.926. The predicted molar refractivity (Wildman–Crippen MR) is 119 cm³/mol. The number of aliphatic hydroxyl groups is 1. The highest BCUT2D eigenvalue weighted by molar-refractivity contribution is 5.25. The second-order valence-corrected chi connectivity index (χ2v) is 11.2. The Balaban J connectivity index is 1.68. The lowest BCUT2D eigenvalue weighted by Gasteiger charge is -2.58. The number of hydrogen-bond donors (Lipinski definition) is 1. The molecule has 1 N–H and O–H groups in total. The van der Waals surface area contributed by atoms with Crippen molar-refractivity contribution in [2.75, 3.05) is 0 Å². The van der Waals surface area contributed by atoms with E-state index < -0.39 is 30.6 Å². The molecule has 4 aliphatic carbocycles. The summed E-state index contributed by atoms with van der Waals surface area (Å²) < 4.78 is 60.5. The Labute approximate surface area is 184 Å². The van der Waals surface area contributed by atoms with Crippen LogP contribution in [0.25, 0.3) is 0 Å². The van der Waals surface area contributed by atoms with Crippen molar-refractivity contribution in [3.63, 3.8) is 0 Å². The maximum Gasteiger partial charge on any atom is 0.0604 e. The average molecular weight is 394 g/mol. The molecule has 4 aliphatic rings. The van der Waals surface area contributed by atoms with Crippen LogP contribution >= 0.6 is 0 Å². The van der Waals surface area contributed by atoms with Gasteiger partial charge in [0, 0.05) is 8.22 Å². The van der Waals surface area contributed by atoms with Crippen LogP contribution in [0, 0.1) is 46.3 Å². The van der Waals surface area contributed by atoms with Gasteiger partial charge >= 0.3 is 0 Å². The van der Waals surface area contributed by atoms with Gasteiger partial charge < -0.3 is 5.11 Å². The van der Waals surface area contributed by atoms with E-state index in [1.54, 1.807) is 13.0 Å². The number of hydrogen-bond acceptors (Lipinski definition) is 1. The van der Waals surface area contributed by atoms with E-state index in [2.05, 4.69) is 27.7 Å². The first-order chi connectivity index (χ1) is 15.9. The van der Waals surface area contributed by atoms with Crippen LogP contribution in [0.3, 0.4) is 0 Å². The molecule has 0 aromatic heterocycles. The molecule has 1 unspecified atom stereocenters. The van der Waals surface area contributed by atoms with Gasteiger partial charge in [0.05, 0.1) is 7.45 Å². The summed E-state index contributed by atoms with van der Waals surface area (Å²) in [6.45, 7) is 11.1. The van der Waals surface area contributed by atoms with Crippen LogP contribution in [-0.2, 0) is 0 Å². The summed E-state index contributed by atoms with van der Waals surface area (Å²) >= 11 is 0. The van der Waals surface area contributed by atoms with E-state index in [1.807, 2.05) is 0 Å². The molecule has 8 atom stereocenters. The zero-order valence-electron chi connectivity index (χ0n) is 25.6. The van der Waals surface area contributed by atoms with Gasteiger partial charge in [-0.1, -0.05) is 65.5 Å². The van der Waals surface area contributed by atoms with Crippen molar-refractivity contribution < 1.29 is 14.7 Å². The SMILES string of the molecule is [2H]C1([2H])C2=CC[C@H]3[C@@H]4CC[C@H]([C@H](C)CCCC(C)C)[C@@]4(C)CC[C@@H]3[C@@]2(C)C([2H])([2H])C([2H])([2H])C1([2H])O. The summed E-state index contributed by atoms with van der Waals surface area (Å²) in [6.07, 6.45) is -1.39. The first-order valence-corrected chi connectivity index (χ1v) is 11.8. The van der Waals surface area contributed by atoms with E-state index in [1.165, 1.54) is 25.7 Å². The third-order valence-corrected chi connectivity index (χ3v) is 9.23. The van der Waals surface area contributed by atoms with E-state index in [-0.39, 0.29) is 22.8 Å². The van der Waals surface area contributed by atoms with Crippen LogP contribution in [0.2, 0.25) is 0 Å². The summed E-state index contributed by atoms with van der Waals surface area (Å²) in [4.78, 5) is 0. The van der Waals surface area contributed by atoms with E-state index in [0.29, 0.717) is 24.2 Å². The Hall–Kier alpha value is -0.300. The second kappa shape index (κ2) is 7.75. The largest absolute Gasteiger partial charge is 0.393 e. The molecule has 4 rings (SSSR count). The molecule has 0 aromatic carbocycles. The average Bonchev–Trinajstić information content (AvgIpc) is 3.09. The molecule has 0 heterocycles. The van der Waals surface area contributed by atoms with Crippen molar-refractivity contribution in [2.24, 2.45) is 46.3 Å². The summed E-state index contributed by atoms with van der Waals surface area (Å²) in [6, 6.07) is 0. The van der Waals surface area contributed by atoms with Gasteiger partial charge in [0.25, 0.3) is 0 Å². The fourth-order valence-corrected chi connectivity index (χ4v) is 7.71. The molecular weight excluding hydrogens is 340 g/mol. The van der Waals surface area contributed by atoms with Crippen LogP contribution < -0.4 is 0 Å². The van der Waals surface area contributed by atoms with Crippen molar-refractivity contribution in [2.45, 2.75) is 111 Å². The molecule has 28 heavy (non-hydrogen) atoms. The van der Waals surface area contributed by atoms with Crippen LogP contribution in [0.15, 0.2) is 11.6 Å². The minimum atomic E-state index is -3.20. The molecule has 3 fully saturated rings. The molecule has 3 saturated carbocycles. The maximum atomic E-state index is 10.7. The number of allylic oxidation sites excluding steroid dienone is 1. The minimum absolute atomic E-state index is 0.101. The molecule has 0 amide bonds. The Bertz CT molecular complexity index is 866. The smallest absolute Gasteiger partial charge is 0.0604 e. The van der Waals surface area contributed by atoms with Gasteiger partial charge in [-0.2, -0.15) is 0 Å². The summed E-state index contributed by atoms with van der Waals surface area (Å²) in [5.74, 6) is 2.40. The topological polar surface area (TPSA) is 20.2 Å². The van der Waals surface area contributed by atoms with Crippen molar-refractivity contribution in [3.05, 3.63) is 11.6 Å². The predicted octanol–water partition coefficient (Wildman–Crippen LogP) is 7.39. The highest BCUT2D eigenvalue weighted by atomic mass is 16.3. The van der Waals surface area contributed by atoms with E-state index in [0.717, 1.165) is 25.2 Å². The molecule has 1 nitrogen and oxygen atoms in total. The van der Waals surface area contributed by atoms with Crippen LogP contribution in [0.1, 0.15) is 115 Å². The Morgan fingerprint density at radius 3 is 2.71 bits per heavy atom. The fourth-order valence-electron chi connectivity index (χ4n) is 7.71. The van der Waals surface area contributed by atoms with Gasteiger partial charge in [-0.25, -0.2) is 0 Å². The number of fused-ring (bicyclic) bond motifs is 5. The van der Waals surface area contributed by atoms with Crippen LogP contribution in [0.4, 0.5) is 0 Å². The summed E-state index contributed by atoms with van der Waals surface area (Å²) in [7, 11) is 0. The molecule has 0 spiro atoms. The van der Waals surface area contributed by atoms with Gasteiger partial charge in [0.1, 0.15) is 0 Å². The maximum absolute atomic E-state index is 10.7. The van der Waals surface area contributed by atoms with Crippen molar-refractivity contribution in [3.8, 4) is 0 Å². The standard InChI is InChI=1S/C27H46O/c1-18(2)7-6-8-19(3)23-11-12-24-22-10-9-20-17-21(28)13-15-26(20,4)25(22)14-16-27(23,24)5/h9,18-19,21-25,28H,6-8,10-17H2,1-5H3/t19-,21?,22+,23-,24+,25+,26+,27-/m1/s1/i13D2,15D2,17D2,21D. The van der Waals surface area contributed by atoms with Crippen molar-refractivity contribution in [1.82, 2.24) is 0 Å². The molecule has 1 heteroatoms. The van der Waals surface area contributed by atoms with Crippen molar-refractivity contribution in [1.29, 1.82) is 0 Å². The Kier molecular flexibility index (Phi) is 3.85. The molecule has 0 radical (unpaired) electrons. The zero-order chi connectivity index (χ0) is 26.4. The monoisotopic (exact) mass is 393 g/mol. The molecule has 0 aliphatic heterocycles. The van der Waals surface area contributed by atoms with Gasteiger partial charge in [-0.05, 0) is 97.6 Å². The zero-order valence-corrected chi connectivity index (χ0v) is 18.6. The van der Waals surface area contributed by atoms with Crippen LogP contribution in [-0.4, -0.2) is 11.2 Å². The van der Waals surface area contributed by atoms with Crippen molar-refractivity contribution >= 4 is 0 Å². The third-order valence-electron chi connectivity index (χ3n) is 9.23. The van der Waals surface area contributed by atoms with Gasteiger partial charge in [0.15, 0.2) is 0 Å². The van der Waals surface area contributed by atoms with E-state index >= 15 is 0 Å². The summed E-state index contributed by atoms with van der Waals surface area (Å²) in [5, 5.41) is 10.7. The highest BCUT2D eigenvalue weighted by Crippen LogP contribution is 2.67. The minimum Gasteiger partial charge on any atom is -0.393 e. The molecule has 0 aromatic rings. The lowest BCUT2D eigenvalue weighted by atomic mass is 9.47. The normalized spacial score (nSPS) is 58.2. The Morgan fingerprint density at radius 1 is 1.18 bits per heavy atom. The molecule has 160 valence electrons. The first kappa shape index (κ1) is 13.9. The summed E-state index contributed by atoms with van der Waals surface area (Å²) in [5.41, 5.74) is -1.13. The Morgan fingerprint density at radius 2 is 1.96 bits per heavy atom. The lowest BCUT2D eigenvalue weighted by Crippen LogP contribution is -2.50. The van der Waals surface area contributed by atoms with Gasteiger partial charge in [-0.3, -0.25) is 0 Å². The van der Waals surface area contributed by atoms with Gasteiger partial charge in [-0.15, -0.1) is 0 Å². The van der Waals surface area contributed by atoms with E-state index in [4.69, 9.17) is 9.60 Å². The lowest BCUT2D eigenvalue weighted by molar-refractivity contribution is -0.0573.